The highest BCUT2D eigenvalue weighted by Gasteiger charge is 2.31. The van der Waals surface area contributed by atoms with Gasteiger partial charge in [-0.1, -0.05) is 17.3 Å². The van der Waals surface area contributed by atoms with Gasteiger partial charge in [-0.3, -0.25) is 0 Å². The third kappa shape index (κ3) is 3.73. The number of alkyl halides is 3. The number of rotatable bonds is 4. The van der Waals surface area contributed by atoms with Crippen molar-refractivity contribution in [3.05, 3.63) is 70.1 Å². The summed E-state index contributed by atoms with van der Waals surface area (Å²) in [5, 5.41) is 8.18. The third-order valence-electron chi connectivity index (χ3n) is 4.49. The standard InChI is InChI=1S/C19H15F3N4O3/c1-11-16(12(2)29-24-11)10-26-18(27)25-9-14(5-8-17(25)23-26)13-3-6-15(7-4-13)28-19(20,21)22/h3-9H,10H2,1-2H3. The number of aromatic nitrogens is 4. The molecule has 0 aliphatic carbocycles. The van der Waals surface area contributed by atoms with Gasteiger partial charge < -0.3 is 9.26 Å². The quantitative estimate of drug-likeness (QED) is 0.518. The van der Waals surface area contributed by atoms with Crippen LogP contribution in [0.15, 0.2) is 51.9 Å². The maximum absolute atomic E-state index is 12.7. The number of nitrogens with zero attached hydrogens (tertiary/aromatic N) is 4. The predicted octanol–water partition coefficient (Wildman–Crippen LogP) is 3.71. The second-order valence-electron chi connectivity index (χ2n) is 6.46. The Hall–Kier alpha value is -3.56. The van der Waals surface area contributed by atoms with Gasteiger partial charge in [0.1, 0.15) is 11.5 Å². The largest absolute Gasteiger partial charge is 0.573 e. The van der Waals surface area contributed by atoms with Crippen molar-refractivity contribution in [3.8, 4) is 16.9 Å². The minimum Gasteiger partial charge on any atom is -0.406 e. The van der Waals surface area contributed by atoms with E-state index in [4.69, 9.17) is 4.52 Å². The van der Waals surface area contributed by atoms with E-state index in [9.17, 15) is 18.0 Å². The van der Waals surface area contributed by atoms with Gasteiger partial charge in [-0.2, -0.15) is 0 Å². The van der Waals surface area contributed by atoms with Crippen molar-refractivity contribution in [2.75, 3.05) is 0 Å². The van der Waals surface area contributed by atoms with Gasteiger partial charge >= 0.3 is 12.1 Å². The maximum atomic E-state index is 12.7. The summed E-state index contributed by atoms with van der Waals surface area (Å²) in [4.78, 5) is 12.7. The molecule has 10 heteroatoms. The Balaban J connectivity index is 1.66. The molecular weight excluding hydrogens is 389 g/mol. The summed E-state index contributed by atoms with van der Waals surface area (Å²) in [6.07, 6.45) is -3.16. The van der Waals surface area contributed by atoms with Crippen LogP contribution in [0.3, 0.4) is 0 Å². The minimum absolute atomic E-state index is 0.223. The van der Waals surface area contributed by atoms with Crippen molar-refractivity contribution >= 4 is 5.65 Å². The first-order valence-electron chi connectivity index (χ1n) is 8.58. The van der Waals surface area contributed by atoms with E-state index in [1.54, 1.807) is 32.2 Å². The zero-order valence-electron chi connectivity index (χ0n) is 15.4. The molecule has 3 heterocycles. The fourth-order valence-corrected chi connectivity index (χ4v) is 3.02. The van der Waals surface area contributed by atoms with E-state index in [1.165, 1.54) is 33.3 Å². The smallest absolute Gasteiger partial charge is 0.406 e. The van der Waals surface area contributed by atoms with Crippen LogP contribution in [0.1, 0.15) is 17.0 Å². The molecule has 4 rings (SSSR count). The molecule has 0 unspecified atom stereocenters. The number of ether oxygens (including phenoxy) is 1. The first-order chi connectivity index (χ1) is 13.7. The second kappa shape index (κ2) is 6.80. The molecule has 0 spiro atoms. The van der Waals surface area contributed by atoms with Crippen LogP contribution < -0.4 is 10.4 Å². The third-order valence-corrected chi connectivity index (χ3v) is 4.49. The second-order valence-corrected chi connectivity index (χ2v) is 6.46. The van der Waals surface area contributed by atoms with E-state index in [2.05, 4.69) is 15.0 Å². The highest BCUT2D eigenvalue weighted by atomic mass is 19.4. The highest BCUT2D eigenvalue weighted by molar-refractivity contribution is 5.65. The van der Waals surface area contributed by atoms with Crippen molar-refractivity contribution in [2.24, 2.45) is 0 Å². The average Bonchev–Trinajstić information content (AvgIpc) is 3.15. The number of benzene rings is 1. The monoisotopic (exact) mass is 404 g/mol. The van der Waals surface area contributed by atoms with Crippen LogP contribution >= 0.6 is 0 Å². The summed E-state index contributed by atoms with van der Waals surface area (Å²) in [6.45, 7) is 3.78. The topological polar surface area (TPSA) is 74.6 Å². The lowest BCUT2D eigenvalue weighted by molar-refractivity contribution is -0.274. The molecule has 0 N–H and O–H groups in total. The summed E-state index contributed by atoms with van der Waals surface area (Å²) in [5.74, 6) is 0.306. The molecule has 0 fully saturated rings. The zero-order valence-corrected chi connectivity index (χ0v) is 15.4. The van der Waals surface area contributed by atoms with Crippen molar-refractivity contribution in [2.45, 2.75) is 26.8 Å². The number of pyridine rings is 1. The Morgan fingerprint density at radius 1 is 1.07 bits per heavy atom. The normalized spacial score (nSPS) is 11.9. The molecule has 0 saturated carbocycles. The SMILES string of the molecule is Cc1noc(C)c1Cn1nc2ccc(-c3ccc(OC(F)(F)F)cc3)cn2c1=O. The van der Waals surface area contributed by atoms with Crippen molar-refractivity contribution in [1.82, 2.24) is 19.3 Å². The molecule has 0 radical (unpaired) electrons. The number of fused-ring (bicyclic) bond motifs is 1. The fourth-order valence-electron chi connectivity index (χ4n) is 3.02. The van der Waals surface area contributed by atoms with Crippen LogP contribution in [0, 0.1) is 13.8 Å². The molecule has 0 aliphatic rings. The van der Waals surface area contributed by atoms with Gasteiger partial charge in [0.05, 0.1) is 12.2 Å². The summed E-state index contributed by atoms with van der Waals surface area (Å²) in [6, 6.07) is 8.82. The summed E-state index contributed by atoms with van der Waals surface area (Å²) < 4.78 is 48.6. The molecule has 0 bridgehead atoms. The highest BCUT2D eigenvalue weighted by Crippen LogP contribution is 2.26. The lowest BCUT2D eigenvalue weighted by Gasteiger charge is -2.09. The molecule has 4 aromatic rings. The number of hydrogen-bond donors (Lipinski definition) is 0. The Morgan fingerprint density at radius 3 is 2.38 bits per heavy atom. The molecule has 1 aromatic carbocycles. The maximum Gasteiger partial charge on any atom is 0.573 e. The number of halogens is 3. The van der Waals surface area contributed by atoms with E-state index >= 15 is 0 Å². The average molecular weight is 404 g/mol. The summed E-state index contributed by atoms with van der Waals surface area (Å²) in [5.41, 5.74) is 2.85. The molecule has 0 amide bonds. The van der Waals surface area contributed by atoms with Crippen molar-refractivity contribution < 1.29 is 22.4 Å². The van der Waals surface area contributed by atoms with Crippen molar-refractivity contribution in [1.29, 1.82) is 0 Å². The van der Waals surface area contributed by atoms with E-state index in [1.807, 2.05) is 0 Å². The van der Waals surface area contributed by atoms with Gasteiger partial charge in [-0.05, 0) is 49.2 Å². The molecule has 7 nitrogen and oxygen atoms in total. The van der Waals surface area contributed by atoms with Crippen LogP contribution in [0.25, 0.3) is 16.8 Å². The van der Waals surface area contributed by atoms with Crippen LogP contribution in [0.4, 0.5) is 13.2 Å². The molecule has 29 heavy (non-hydrogen) atoms. The van der Waals surface area contributed by atoms with Crippen LogP contribution in [-0.4, -0.2) is 25.7 Å². The van der Waals surface area contributed by atoms with Gasteiger partial charge in [0.2, 0.25) is 0 Å². The zero-order chi connectivity index (χ0) is 20.8. The molecule has 3 aromatic heterocycles. The summed E-state index contributed by atoms with van der Waals surface area (Å²) in [7, 11) is 0. The lowest BCUT2D eigenvalue weighted by atomic mass is 10.1. The van der Waals surface area contributed by atoms with E-state index in [0.717, 1.165) is 5.56 Å². The van der Waals surface area contributed by atoms with Crippen LogP contribution in [0.5, 0.6) is 5.75 Å². The molecule has 0 atom stereocenters. The minimum atomic E-state index is -4.75. The van der Waals surface area contributed by atoms with Gasteiger partial charge in [0.25, 0.3) is 0 Å². The van der Waals surface area contributed by atoms with Gasteiger partial charge in [-0.15, -0.1) is 18.3 Å². The van der Waals surface area contributed by atoms with Crippen molar-refractivity contribution in [3.63, 3.8) is 0 Å². The van der Waals surface area contributed by atoms with E-state index in [0.29, 0.717) is 28.2 Å². The van der Waals surface area contributed by atoms with Crippen LogP contribution in [-0.2, 0) is 6.54 Å². The van der Waals surface area contributed by atoms with Gasteiger partial charge in [0.15, 0.2) is 5.65 Å². The number of aryl methyl sites for hydroxylation is 2. The Morgan fingerprint density at radius 2 is 1.76 bits per heavy atom. The fraction of sp³-hybridized carbons (Fsp3) is 0.211. The Bertz CT molecular complexity index is 1220. The van der Waals surface area contributed by atoms with E-state index in [-0.39, 0.29) is 18.0 Å². The first kappa shape index (κ1) is 18.8. The Kier molecular flexibility index (Phi) is 4.40. The van der Waals surface area contributed by atoms with Crippen LogP contribution in [0.2, 0.25) is 0 Å². The molecule has 0 aliphatic heterocycles. The Labute approximate surface area is 161 Å². The van der Waals surface area contributed by atoms with Gasteiger partial charge in [-0.25, -0.2) is 13.9 Å². The van der Waals surface area contributed by atoms with Gasteiger partial charge in [0, 0.05) is 11.8 Å². The summed E-state index contributed by atoms with van der Waals surface area (Å²) >= 11 is 0. The first-order valence-corrected chi connectivity index (χ1v) is 8.58. The molecular formula is C19H15F3N4O3. The molecule has 0 saturated heterocycles. The number of hydrogen-bond acceptors (Lipinski definition) is 5. The molecule has 150 valence electrons. The predicted molar refractivity (Wildman–Crippen MR) is 96.7 cm³/mol. The lowest BCUT2D eigenvalue weighted by Crippen LogP contribution is -2.22. The van der Waals surface area contributed by atoms with E-state index < -0.39 is 6.36 Å².